The summed E-state index contributed by atoms with van der Waals surface area (Å²) < 4.78 is 89.3. The maximum atomic E-state index is 15.1. The van der Waals surface area contributed by atoms with E-state index in [9.17, 15) is 45.6 Å². The van der Waals surface area contributed by atoms with E-state index in [2.05, 4.69) is 4.74 Å². The van der Waals surface area contributed by atoms with Gasteiger partial charge in [-0.05, 0) is 41.8 Å². The fourth-order valence-corrected chi connectivity index (χ4v) is 5.31. The number of halogens is 4. The lowest BCUT2D eigenvalue weighted by Crippen LogP contribution is -2.45. The highest BCUT2D eigenvalue weighted by Crippen LogP contribution is 2.42. The predicted octanol–water partition coefficient (Wildman–Crippen LogP) is 2.96. The first kappa shape index (κ1) is 25.3. The molecule has 0 spiro atoms. The summed E-state index contributed by atoms with van der Waals surface area (Å²) in [4.78, 5) is 38.1. The zero-order valence-electron chi connectivity index (χ0n) is 17.8. The normalized spacial score (nSPS) is 20.5. The minimum Gasteiger partial charge on any atom is -0.481 e. The first-order chi connectivity index (χ1) is 16.7. The highest BCUT2D eigenvalue weighted by Gasteiger charge is 2.52. The number of Topliss-reactive ketones (excluding diaryl/α,β-unsaturated/α-hetero) is 1. The Bertz CT molecular complexity index is 1430. The van der Waals surface area contributed by atoms with Gasteiger partial charge in [-0.2, -0.15) is 8.42 Å². The summed E-state index contributed by atoms with van der Waals surface area (Å²) in [5, 5.41) is 7.56. The van der Waals surface area contributed by atoms with Crippen molar-refractivity contribution in [3.05, 3.63) is 59.4 Å². The van der Waals surface area contributed by atoms with Crippen LogP contribution in [0.5, 0.6) is 5.75 Å². The molecule has 1 heterocycles. The number of alkyl halides is 3. The van der Waals surface area contributed by atoms with Gasteiger partial charge in [-0.25, -0.2) is 4.39 Å². The number of hydrogen-bond donors (Lipinski definition) is 2. The number of anilines is 1. The number of aliphatic carboxylic acids is 1. The number of ether oxygens (including phenoxy) is 1. The van der Waals surface area contributed by atoms with Crippen molar-refractivity contribution in [2.45, 2.75) is 18.0 Å². The summed E-state index contributed by atoms with van der Waals surface area (Å²) >= 11 is 0. The summed E-state index contributed by atoms with van der Waals surface area (Å²) in [7, 11) is -4.90. The second kappa shape index (κ2) is 8.71. The molecule has 0 saturated carbocycles. The zero-order chi connectivity index (χ0) is 26.6. The molecule has 2 aliphatic rings. The van der Waals surface area contributed by atoms with Crippen molar-refractivity contribution in [3.8, 4) is 16.9 Å². The maximum absolute atomic E-state index is 15.1. The lowest BCUT2D eigenvalue weighted by molar-refractivity contribution is -0.274. The molecule has 190 valence electrons. The van der Waals surface area contributed by atoms with Crippen molar-refractivity contribution in [3.63, 3.8) is 0 Å². The van der Waals surface area contributed by atoms with E-state index < -0.39 is 86.7 Å². The Kier molecular flexibility index (Phi) is 6.12. The number of rotatable bonds is 5. The lowest BCUT2D eigenvalue weighted by atomic mass is 9.94. The van der Waals surface area contributed by atoms with Crippen LogP contribution in [0.3, 0.4) is 0 Å². The average Bonchev–Trinajstić information content (AvgIpc) is 3.18. The van der Waals surface area contributed by atoms with Crippen molar-refractivity contribution < 1.29 is 54.8 Å². The fraction of sp³-hybridized carbons (Fsp3) is 0.227. The van der Waals surface area contributed by atoms with Crippen molar-refractivity contribution in [1.29, 1.82) is 0 Å². The van der Waals surface area contributed by atoms with Gasteiger partial charge in [0, 0.05) is 11.1 Å². The highest BCUT2D eigenvalue weighted by atomic mass is 32.2. The van der Waals surface area contributed by atoms with Crippen LogP contribution < -0.4 is 9.64 Å². The summed E-state index contributed by atoms with van der Waals surface area (Å²) in [5.74, 6) is -7.02. The topological polar surface area (TPSA) is 138 Å². The molecule has 0 bridgehead atoms. The van der Waals surface area contributed by atoms with Gasteiger partial charge in [-0.1, -0.05) is 18.2 Å². The van der Waals surface area contributed by atoms with Crippen LogP contribution in [-0.2, 0) is 24.5 Å². The van der Waals surface area contributed by atoms with Gasteiger partial charge in [0.05, 0.1) is 18.2 Å². The van der Waals surface area contributed by atoms with Gasteiger partial charge >= 0.3 is 12.3 Å². The second-order valence-corrected chi connectivity index (χ2v) is 9.61. The highest BCUT2D eigenvalue weighted by molar-refractivity contribution is 7.86. The molecule has 2 aromatic rings. The van der Waals surface area contributed by atoms with E-state index in [4.69, 9.17) is 0 Å². The summed E-state index contributed by atoms with van der Waals surface area (Å²) in [6, 6.07) is 7.93. The van der Waals surface area contributed by atoms with Crippen molar-refractivity contribution in [2.75, 3.05) is 11.4 Å². The minimum atomic E-state index is -4.94. The molecule has 0 radical (unpaired) electrons. The molecule has 9 nitrogen and oxygen atoms in total. The van der Waals surface area contributed by atoms with Gasteiger partial charge in [-0.3, -0.25) is 23.8 Å². The van der Waals surface area contributed by atoms with Gasteiger partial charge in [0.1, 0.15) is 16.8 Å². The van der Waals surface area contributed by atoms with Crippen LogP contribution >= 0.6 is 0 Å². The minimum absolute atomic E-state index is 0.107. The average molecular weight is 529 g/mol. The first-order valence-electron chi connectivity index (χ1n) is 10.1. The number of carboxylic acid groups (broad SMARTS) is 1. The van der Waals surface area contributed by atoms with Crippen LogP contribution in [-0.4, -0.2) is 53.9 Å². The molecule has 1 amide bonds. The molecular formula is C22H15F4NO8S. The number of benzene rings is 2. The van der Waals surface area contributed by atoms with Crippen LogP contribution in [0.4, 0.5) is 23.2 Å². The third kappa shape index (κ3) is 4.68. The third-order valence-corrected chi connectivity index (χ3v) is 6.93. The van der Waals surface area contributed by atoms with E-state index >= 15 is 4.39 Å². The number of carboxylic acids is 1. The predicted molar refractivity (Wildman–Crippen MR) is 114 cm³/mol. The van der Waals surface area contributed by atoms with Gasteiger partial charge in [0.15, 0.2) is 5.78 Å². The molecule has 0 saturated heterocycles. The molecule has 2 unspecified atom stereocenters. The van der Waals surface area contributed by atoms with E-state index in [-0.39, 0.29) is 11.1 Å². The van der Waals surface area contributed by atoms with Gasteiger partial charge < -0.3 is 9.84 Å². The molecule has 2 aromatic carbocycles. The molecule has 1 aliphatic carbocycles. The standard InChI is InChI=1S/C22H15F4NO8S/c23-14-7-11(10-2-1-3-12(6-10)35-22(24,25)26)4-5-15(14)27-9-16(28)19-17(36(32,33)34)8-13(21(30)31)18(19)20(27)29/h1-7,13,17H,8-9H2,(H,30,31)(H,32,33,34). The van der Waals surface area contributed by atoms with Crippen LogP contribution in [0.2, 0.25) is 0 Å². The van der Waals surface area contributed by atoms with Crippen molar-refractivity contribution >= 4 is 33.5 Å². The molecule has 0 aromatic heterocycles. The lowest BCUT2D eigenvalue weighted by Gasteiger charge is -2.29. The Morgan fingerprint density at radius 2 is 1.72 bits per heavy atom. The molecule has 14 heteroatoms. The number of amides is 1. The van der Waals surface area contributed by atoms with Crippen LogP contribution in [0.1, 0.15) is 6.42 Å². The summed E-state index contributed by atoms with van der Waals surface area (Å²) in [6.07, 6.45) is -5.67. The maximum Gasteiger partial charge on any atom is 0.573 e. The molecule has 36 heavy (non-hydrogen) atoms. The van der Waals surface area contributed by atoms with Crippen LogP contribution in [0.15, 0.2) is 53.6 Å². The monoisotopic (exact) mass is 529 g/mol. The molecule has 2 N–H and O–H groups in total. The Labute approximate surface area is 200 Å². The van der Waals surface area contributed by atoms with E-state index in [1.807, 2.05) is 0 Å². The molecular weight excluding hydrogens is 514 g/mol. The second-order valence-electron chi connectivity index (χ2n) is 8.01. The van der Waals surface area contributed by atoms with E-state index in [0.29, 0.717) is 4.90 Å². The number of ketones is 1. The fourth-order valence-electron chi connectivity index (χ4n) is 4.32. The Balaban J connectivity index is 1.70. The van der Waals surface area contributed by atoms with Crippen LogP contribution in [0.25, 0.3) is 11.1 Å². The smallest absolute Gasteiger partial charge is 0.481 e. The Morgan fingerprint density at radius 3 is 2.31 bits per heavy atom. The van der Waals surface area contributed by atoms with E-state index in [1.54, 1.807) is 0 Å². The number of carbonyl (C=O) groups excluding carboxylic acids is 2. The third-order valence-electron chi connectivity index (χ3n) is 5.79. The zero-order valence-corrected chi connectivity index (χ0v) is 18.6. The molecule has 4 rings (SSSR count). The first-order valence-corrected chi connectivity index (χ1v) is 11.6. The van der Waals surface area contributed by atoms with Gasteiger partial charge in [0.2, 0.25) is 0 Å². The summed E-state index contributed by atoms with van der Waals surface area (Å²) in [6.45, 7) is -0.818. The quantitative estimate of drug-likeness (QED) is 0.446. The Hall–Kier alpha value is -3.78. The molecule has 0 fully saturated rings. The van der Waals surface area contributed by atoms with E-state index in [0.717, 1.165) is 24.3 Å². The molecule has 1 aliphatic heterocycles. The SMILES string of the molecule is O=C1CN(c2ccc(-c3cccc(OC(F)(F)F)c3)cc2F)C(=O)C2=C1C(S(=O)(=O)O)CC2C(=O)O. The van der Waals surface area contributed by atoms with Crippen molar-refractivity contribution in [1.82, 2.24) is 0 Å². The van der Waals surface area contributed by atoms with Crippen LogP contribution in [0, 0.1) is 11.7 Å². The number of carbonyl (C=O) groups is 3. The van der Waals surface area contributed by atoms with E-state index in [1.165, 1.54) is 18.2 Å². The molecule has 2 atom stereocenters. The summed E-state index contributed by atoms with van der Waals surface area (Å²) in [5.41, 5.74) is -1.47. The Morgan fingerprint density at radius 1 is 1.06 bits per heavy atom. The van der Waals surface area contributed by atoms with Gasteiger partial charge in [0.25, 0.3) is 16.0 Å². The van der Waals surface area contributed by atoms with Crippen molar-refractivity contribution in [2.24, 2.45) is 5.92 Å². The largest absolute Gasteiger partial charge is 0.573 e. The number of hydrogen-bond acceptors (Lipinski definition) is 6. The number of nitrogens with zero attached hydrogens (tertiary/aromatic N) is 1. The van der Waals surface area contributed by atoms with Gasteiger partial charge in [-0.15, -0.1) is 13.2 Å².